The van der Waals surface area contributed by atoms with E-state index in [0.29, 0.717) is 17.9 Å². The van der Waals surface area contributed by atoms with Crippen molar-refractivity contribution >= 4 is 18.3 Å². The third-order valence-corrected chi connectivity index (χ3v) is 3.07. The van der Waals surface area contributed by atoms with Crippen LogP contribution in [-0.4, -0.2) is 37.0 Å². The third-order valence-electron chi connectivity index (χ3n) is 3.07. The molecule has 82 valence electrons. The van der Waals surface area contributed by atoms with Gasteiger partial charge in [0.05, 0.1) is 0 Å². The number of carbonyl (C=O) groups is 1. The van der Waals surface area contributed by atoms with Crippen molar-refractivity contribution in [1.82, 2.24) is 10.2 Å². The summed E-state index contributed by atoms with van der Waals surface area (Å²) in [6, 6.07) is 0.524. The summed E-state index contributed by atoms with van der Waals surface area (Å²) in [6.07, 6.45) is 4.62. The molecule has 0 radical (unpaired) electrons. The van der Waals surface area contributed by atoms with Gasteiger partial charge in [0.2, 0.25) is 5.91 Å². The molecule has 0 bridgehead atoms. The predicted molar refractivity (Wildman–Crippen MR) is 58.6 cm³/mol. The van der Waals surface area contributed by atoms with Crippen LogP contribution >= 0.6 is 12.4 Å². The van der Waals surface area contributed by atoms with Gasteiger partial charge in [-0.3, -0.25) is 4.79 Å². The molecule has 2 rings (SSSR count). The molecule has 4 heteroatoms. The summed E-state index contributed by atoms with van der Waals surface area (Å²) in [5.41, 5.74) is 0. The molecule has 1 saturated carbocycles. The number of hydrogen-bond donors (Lipinski definition) is 1. The Morgan fingerprint density at radius 3 is 2.64 bits per heavy atom. The summed E-state index contributed by atoms with van der Waals surface area (Å²) in [4.78, 5) is 13.8. The van der Waals surface area contributed by atoms with Crippen molar-refractivity contribution in [3.05, 3.63) is 0 Å². The first-order valence-corrected chi connectivity index (χ1v) is 5.27. The molecule has 0 aromatic rings. The van der Waals surface area contributed by atoms with Crippen LogP contribution < -0.4 is 5.32 Å². The molecule has 1 unspecified atom stereocenters. The Bertz CT molecular complexity index is 206. The highest BCUT2D eigenvalue weighted by Gasteiger charge is 2.34. The Morgan fingerprint density at radius 1 is 1.36 bits per heavy atom. The molecule has 0 aromatic heterocycles. The molecule has 1 saturated heterocycles. The van der Waals surface area contributed by atoms with E-state index in [2.05, 4.69) is 5.32 Å². The highest BCUT2D eigenvalue weighted by molar-refractivity contribution is 5.85. The minimum absolute atomic E-state index is 0. The Hall–Kier alpha value is -0.280. The van der Waals surface area contributed by atoms with Crippen molar-refractivity contribution < 1.29 is 4.79 Å². The van der Waals surface area contributed by atoms with Crippen molar-refractivity contribution in [1.29, 1.82) is 0 Å². The smallest absolute Gasteiger partial charge is 0.225 e. The number of hydrogen-bond acceptors (Lipinski definition) is 2. The van der Waals surface area contributed by atoms with Crippen molar-refractivity contribution in [2.75, 3.05) is 20.1 Å². The van der Waals surface area contributed by atoms with Crippen LogP contribution in [-0.2, 0) is 4.79 Å². The number of likely N-dealkylation sites (N-methyl/N-ethyl adjacent to an activating group) is 1. The molecular formula is C10H19ClN2O. The maximum absolute atomic E-state index is 11.7. The zero-order valence-corrected chi connectivity index (χ0v) is 9.48. The van der Waals surface area contributed by atoms with Crippen molar-refractivity contribution in [3.8, 4) is 0 Å². The second-order valence-electron chi connectivity index (χ2n) is 4.19. The molecule has 2 aliphatic rings. The molecule has 2 fully saturated rings. The molecular weight excluding hydrogens is 200 g/mol. The average molecular weight is 219 g/mol. The van der Waals surface area contributed by atoms with Crippen LogP contribution in [0.3, 0.4) is 0 Å². The van der Waals surface area contributed by atoms with E-state index in [9.17, 15) is 4.79 Å². The number of likely N-dealkylation sites (tertiary alicyclic amines) is 1. The molecule has 1 aliphatic carbocycles. The summed E-state index contributed by atoms with van der Waals surface area (Å²) in [6.45, 7) is 1.90. The van der Waals surface area contributed by atoms with Crippen LogP contribution in [0.25, 0.3) is 0 Å². The van der Waals surface area contributed by atoms with E-state index in [1.54, 1.807) is 0 Å². The van der Waals surface area contributed by atoms with Gasteiger partial charge < -0.3 is 10.2 Å². The first-order chi connectivity index (χ1) is 6.31. The predicted octanol–water partition coefficient (Wildman–Crippen LogP) is 1.03. The van der Waals surface area contributed by atoms with Gasteiger partial charge in [-0.15, -0.1) is 12.4 Å². The van der Waals surface area contributed by atoms with Gasteiger partial charge >= 0.3 is 0 Å². The van der Waals surface area contributed by atoms with E-state index in [0.717, 1.165) is 32.4 Å². The Morgan fingerprint density at radius 2 is 2.07 bits per heavy atom. The zero-order chi connectivity index (χ0) is 9.26. The number of rotatable bonds is 2. The maximum Gasteiger partial charge on any atom is 0.225 e. The minimum atomic E-state index is 0. The lowest BCUT2D eigenvalue weighted by Gasteiger charge is -2.32. The van der Waals surface area contributed by atoms with E-state index >= 15 is 0 Å². The molecule has 1 amide bonds. The SMILES string of the molecule is CNC1CCCN(C(=O)C2CC2)C1.Cl. The first kappa shape index (κ1) is 11.8. The number of carbonyl (C=O) groups excluding carboxylic acids is 1. The van der Waals surface area contributed by atoms with Crippen LogP contribution in [0.2, 0.25) is 0 Å². The van der Waals surface area contributed by atoms with Gasteiger partial charge in [0.15, 0.2) is 0 Å². The lowest BCUT2D eigenvalue weighted by Crippen LogP contribution is -2.47. The molecule has 14 heavy (non-hydrogen) atoms. The summed E-state index contributed by atoms with van der Waals surface area (Å²) in [5, 5.41) is 3.25. The van der Waals surface area contributed by atoms with Gasteiger partial charge in [0, 0.05) is 25.0 Å². The fourth-order valence-corrected chi connectivity index (χ4v) is 2.00. The largest absolute Gasteiger partial charge is 0.341 e. The van der Waals surface area contributed by atoms with E-state index in [-0.39, 0.29) is 12.4 Å². The molecule has 1 heterocycles. The zero-order valence-electron chi connectivity index (χ0n) is 8.66. The van der Waals surface area contributed by atoms with Gasteiger partial charge in [-0.1, -0.05) is 0 Å². The highest BCUT2D eigenvalue weighted by Crippen LogP contribution is 2.31. The van der Waals surface area contributed by atoms with E-state index in [1.807, 2.05) is 11.9 Å². The van der Waals surface area contributed by atoms with E-state index < -0.39 is 0 Å². The molecule has 0 spiro atoms. The number of halogens is 1. The van der Waals surface area contributed by atoms with Crippen molar-refractivity contribution in [2.24, 2.45) is 5.92 Å². The van der Waals surface area contributed by atoms with Gasteiger partial charge in [0.1, 0.15) is 0 Å². The fraction of sp³-hybridized carbons (Fsp3) is 0.900. The number of amides is 1. The third kappa shape index (κ3) is 2.61. The lowest BCUT2D eigenvalue weighted by molar-refractivity contribution is -0.133. The molecule has 1 aliphatic heterocycles. The Labute approximate surface area is 91.6 Å². The van der Waals surface area contributed by atoms with Crippen molar-refractivity contribution in [2.45, 2.75) is 31.7 Å². The lowest BCUT2D eigenvalue weighted by atomic mass is 10.1. The molecule has 3 nitrogen and oxygen atoms in total. The maximum atomic E-state index is 11.7. The number of piperidine rings is 1. The topological polar surface area (TPSA) is 32.3 Å². The second-order valence-corrected chi connectivity index (χ2v) is 4.19. The molecule has 0 aromatic carbocycles. The highest BCUT2D eigenvalue weighted by atomic mass is 35.5. The van der Waals surface area contributed by atoms with Crippen LogP contribution in [0.5, 0.6) is 0 Å². The normalized spacial score (nSPS) is 26.9. The second kappa shape index (κ2) is 4.99. The summed E-state index contributed by atoms with van der Waals surface area (Å²) < 4.78 is 0. The van der Waals surface area contributed by atoms with Gasteiger partial charge in [-0.2, -0.15) is 0 Å². The van der Waals surface area contributed by atoms with Crippen LogP contribution in [0.15, 0.2) is 0 Å². The quantitative estimate of drug-likeness (QED) is 0.751. The number of nitrogens with zero attached hydrogens (tertiary/aromatic N) is 1. The van der Waals surface area contributed by atoms with Crippen molar-refractivity contribution in [3.63, 3.8) is 0 Å². The van der Waals surface area contributed by atoms with Gasteiger partial charge in [0.25, 0.3) is 0 Å². The number of nitrogens with one attached hydrogen (secondary N) is 1. The van der Waals surface area contributed by atoms with Gasteiger partial charge in [-0.25, -0.2) is 0 Å². The monoisotopic (exact) mass is 218 g/mol. The molecule has 1 N–H and O–H groups in total. The Balaban J connectivity index is 0.000000980. The van der Waals surface area contributed by atoms with E-state index in [4.69, 9.17) is 0 Å². The minimum Gasteiger partial charge on any atom is -0.341 e. The van der Waals surface area contributed by atoms with Crippen LogP contribution in [0, 0.1) is 5.92 Å². The fourth-order valence-electron chi connectivity index (χ4n) is 2.00. The summed E-state index contributed by atoms with van der Waals surface area (Å²) >= 11 is 0. The average Bonchev–Trinajstić information content (AvgIpc) is 3.00. The summed E-state index contributed by atoms with van der Waals surface area (Å²) in [7, 11) is 1.98. The molecule has 1 atom stereocenters. The van der Waals surface area contributed by atoms with Gasteiger partial charge in [-0.05, 0) is 32.7 Å². The summed E-state index contributed by atoms with van der Waals surface area (Å²) in [5.74, 6) is 0.788. The first-order valence-electron chi connectivity index (χ1n) is 5.27. The van der Waals surface area contributed by atoms with E-state index in [1.165, 1.54) is 6.42 Å². The standard InChI is InChI=1S/C10H18N2O.ClH/c1-11-9-3-2-6-12(7-9)10(13)8-4-5-8;/h8-9,11H,2-7H2,1H3;1H. The van der Waals surface area contributed by atoms with Crippen LogP contribution in [0.1, 0.15) is 25.7 Å². The Kier molecular flexibility index (Phi) is 4.20. The van der Waals surface area contributed by atoms with Crippen LogP contribution in [0.4, 0.5) is 0 Å².